The predicted octanol–water partition coefficient (Wildman–Crippen LogP) is 2.98. The minimum atomic E-state index is 0.136. The van der Waals surface area contributed by atoms with Crippen molar-refractivity contribution in [2.24, 2.45) is 12.0 Å². The van der Waals surface area contributed by atoms with E-state index in [-0.39, 0.29) is 6.04 Å². The van der Waals surface area contributed by atoms with Crippen molar-refractivity contribution in [2.75, 3.05) is 18.0 Å². The maximum Gasteiger partial charge on any atom is 0.192 e. The zero-order chi connectivity index (χ0) is 22.3. The fourth-order valence-electron chi connectivity index (χ4n) is 3.89. The molecule has 1 aliphatic rings. The van der Waals surface area contributed by atoms with Gasteiger partial charge in [-0.25, -0.2) is 9.98 Å². The fourth-order valence-corrected chi connectivity index (χ4v) is 3.89. The largest absolute Gasteiger partial charge is 0.356 e. The molecule has 0 spiro atoms. The smallest absolute Gasteiger partial charge is 0.192 e. The zero-order valence-electron chi connectivity index (χ0n) is 19.1. The maximum atomic E-state index is 4.85. The Hall–Kier alpha value is -3.42. The summed E-state index contributed by atoms with van der Waals surface area (Å²) < 4.78 is 1.98. The molecular formula is C24H32N8. The molecule has 0 saturated carbocycles. The number of aromatic nitrogens is 4. The van der Waals surface area contributed by atoms with Gasteiger partial charge in [0.25, 0.3) is 0 Å². The van der Waals surface area contributed by atoms with Gasteiger partial charge in [-0.15, -0.1) is 10.2 Å². The summed E-state index contributed by atoms with van der Waals surface area (Å²) in [6, 6.07) is 17.0. The summed E-state index contributed by atoms with van der Waals surface area (Å²) in [6.07, 6.45) is 3.91. The van der Waals surface area contributed by atoms with E-state index in [2.05, 4.69) is 68.0 Å². The van der Waals surface area contributed by atoms with Crippen LogP contribution in [0.25, 0.3) is 0 Å². The Kier molecular flexibility index (Phi) is 6.99. The summed E-state index contributed by atoms with van der Waals surface area (Å²) in [5.74, 6) is 3.59. The average molecular weight is 433 g/mol. The monoisotopic (exact) mass is 432 g/mol. The van der Waals surface area contributed by atoms with Crippen molar-refractivity contribution in [3.63, 3.8) is 0 Å². The minimum Gasteiger partial charge on any atom is -0.356 e. The third-order valence-corrected chi connectivity index (χ3v) is 6.02. The molecule has 1 unspecified atom stereocenters. The van der Waals surface area contributed by atoms with Crippen LogP contribution in [0.1, 0.15) is 43.0 Å². The average Bonchev–Trinajstić information content (AvgIpc) is 3.16. The van der Waals surface area contributed by atoms with E-state index < -0.39 is 0 Å². The lowest BCUT2D eigenvalue weighted by atomic mass is 10.1. The number of aliphatic imine (C=N–C) groups is 1. The van der Waals surface area contributed by atoms with E-state index in [4.69, 9.17) is 4.99 Å². The molecule has 0 bridgehead atoms. The van der Waals surface area contributed by atoms with Crippen LogP contribution in [0.4, 0.5) is 5.82 Å². The molecule has 0 aliphatic carbocycles. The summed E-state index contributed by atoms with van der Waals surface area (Å²) in [4.78, 5) is 11.7. The molecular weight excluding hydrogens is 400 g/mol. The molecule has 1 atom stereocenters. The van der Waals surface area contributed by atoms with Crippen LogP contribution in [0.2, 0.25) is 0 Å². The molecule has 3 aromatic rings. The molecule has 3 heterocycles. The molecule has 8 heteroatoms. The van der Waals surface area contributed by atoms with Crippen molar-refractivity contribution in [1.82, 2.24) is 30.4 Å². The lowest BCUT2D eigenvalue weighted by molar-refractivity contribution is 0.456. The standard InChI is InChI=1S/C24H32N8/c1-18(20-9-5-4-6-10-20)27-24(26-17-23-30-29-19(2)31(23)3)28-21-12-15-32(16-13-21)22-11-7-8-14-25-22/h4-11,14,18,21H,12-13,15-17H2,1-3H3,(H2,26,27,28). The Morgan fingerprint density at radius 2 is 1.84 bits per heavy atom. The highest BCUT2D eigenvalue weighted by molar-refractivity contribution is 5.80. The van der Waals surface area contributed by atoms with Crippen molar-refractivity contribution < 1.29 is 0 Å². The number of benzene rings is 1. The summed E-state index contributed by atoms with van der Waals surface area (Å²) >= 11 is 0. The Morgan fingerprint density at radius 1 is 1.09 bits per heavy atom. The molecule has 32 heavy (non-hydrogen) atoms. The van der Waals surface area contributed by atoms with Gasteiger partial charge in [0.1, 0.15) is 18.2 Å². The van der Waals surface area contributed by atoms with Crippen LogP contribution in [0.15, 0.2) is 59.7 Å². The van der Waals surface area contributed by atoms with Gasteiger partial charge in [-0.1, -0.05) is 36.4 Å². The molecule has 2 aromatic heterocycles. The van der Waals surface area contributed by atoms with Gasteiger partial charge in [0.15, 0.2) is 11.8 Å². The molecule has 1 aromatic carbocycles. The maximum absolute atomic E-state index is 4.85. The number of anilines is 1. The highest BCUT2D eigenvalue weighted by Crippen LogP contribution is 2.18. The lowest BCUT2D eigenvalue weighted by Gasteiger charge is -2.34. The fraction of sp³-hybridized carbons (Fsp3) is 0.417. The van der Waals surface area contributed by atoms with Gasteiger partial charge in [0.05, 0.1) is 6.04 Å². The summed E-state index contributed by atoms with van der Waals surface area (Å²) in [5.41, 5.74) is 1.22. The summed E-state index contributed by atoms with van der Waals surface area (Å²) in [6.45, 7) is 6.52. The van der Waals surface area contributed by atoms with E-state index in [1.54, 1.807) is 0 Å². The van der Waals surface area contributed by atoms with Crippen LogP contribution in [-0.4, -0.2) is 44.8 Å². The van der Waals surface area contributed by atoms with Crippen LogP contribution < -0.4 is 15.5 Å². The Bertz CT molecular complexity index is 1010. The second kappa shape index (κ2) is 10.3. The predicted molar refractivity (Wildman–Crippen MR) is 127 cm³/mol. The zero-order valence-corrected chi connectivity index (χ0v) is 19.1. The molecule has 1 saturated heterocycles. The van der Waals surface area contributed by atoms with Crippen LogP contribution in [-0.2, 0) is 13.6 Å². The van der Waals surface area contributed by atoms with Crippen molar-refractivity contribution in [2.45, 2.75) is 45.3 Å². The van der Waals surface area contributed by atoms with Crippen molar-refractivity contribution in [3.05, 3.63) is 71.9 Å². The van der Waals surface area contributed by atoms with Gasteiger partial charge in [-0.05, 0) is 44.4 Å². The first-order chi connectivity index (χ1) is 15.6. The highest BCUT2D eigenvalue weighted by Gasteiger charge is 2.21. The molecule has 1 fully saturated rings. The number of pyridine rings is 1. The van der Waals surface area contributed by atoms with E-state index in [9.17, 15) is 0 Å². The SMILES string of the molecule is Cc1nnc(CN=C(NC2CCN(c3ccccn3)CC2)NC(C)c2ccccc2)n1C. The number of nitrogens with zero attached hydrogens (tertiary/aromatic N) is 6. The molecule has 0 radical (unpaired) electrons. The van der Waals surface area contributed by atoms with Crippen LogP contribution in [0, 0.1) is 6.92 Å². The number of rotatable bonds is 6. The summed E-state index contributed by atoms with van der Waals surface area (Å²) in [7, 11) is 1.97. The Labute approximate surface area is 189 Å². The van der Waals surface area contributed by atoms with Crippen LogP contribution in [0.5, 0.6) is 0 Å². The lowest BCUT2D eigenvalue weighted by Crippen LogP contribution is -2.49. The van der Waals surface area contributed by atoms with Gasteiger partial charge in [0, 0.05) is 32.4 Å². The minimum absolute atomic E-state index is 0.136. The molecule has 168 valence electrons. The number of guanidine groups is 1. The second-order valence-corrected chi connectivity index (χ2v) is 8.26. The number of hydrogen-bond acceptors (Lipinski definition) is 5. The second-order valence-electron chi connectivity index (χ2n) is 8.26. The van der Waals surface area contributed by atoms with Crippen LogP contribution in [0.3, 0.4) is 0 Å². The van der Waals surface area contributed by atoms with Gasteiger partial charge in [0.2, 0.25) is 0 Å². The number of hydrogen-bond donors (Lipinski definition) is 2. The van der Waals surface area contributed by atoms with Gasteiger partial charge < -0.3 is 20.1 Å². The number of piperidine rings is 1. The molecule has 8 nitrogen and oxygen atoms in total. The first-order valence-electron chi connectivity index (χ1n) is 11.2. The van der Waals surface area contributed by atoms with E-state index in [0.29, 0.717) is 12.6 Å². The van der Waals surface area contributed by atoms with E-state index in [1.807, 2.05) is 42.9 Å². The van der Waals surface area contributed by atoms with Crippen molar-refractivity contribution >= 4 is 11.8 Å². The third kappa shape index (κ3) is 5.43. The van der Waals surface area contributed by atoms with Gasteiger partial charge >= 0.3 is 0 Å². The normalized spacial score (nSPS) is 16.1. The first kappa shape index (κ1) is 21.8. The van der Waals surface area contributed by atoms with Gasteiger partial charge in [-0.3, -0.25) is 0 Å². The Morgan fingerprint density at radius 3 is 2.50 bits per heavy atom. The first-order valence-corrected chi connectivity index (χ1v) is 11.2. The van der Waals surface area contributed by atoms with Crippen molar-refractivity contribution in [3.8, 4) is 0 Å². The molecule has 4 rings (SSSR count). The molecule has 1 aliphatic heterocycles. The van der Waals surface area contributed by atoms with Gasteiger partial charge in [-0.2, -0.15) is 0 Å². The molecule has 2 N–H and O–H groups in total. The number of aryl methyl sites for hydroxylation is 1. The van der Waals surface area contributed by atoms with E-state index in [1.165, 1.54) is 5.56 Å². The Balaban J connectivity index is 1.42. The summed E-state index contributed by atoms with van der Waals surface area (Å²) in [5, 5.41) is 15.6. The van der Waals surface area contributed by atoms with E-state index in [0.717, 1.165) is 49.4 Å². The van der Waals surface area contributed by atoms with E-state index >= 15 is 0 Å². The van der Waals surface area contributed by atoms with Crippen molar-refractivity contribution in [1.29, 1.82) is 0 Å². The topological polar surface area (TPSA) is 83.3 Å². The number of nitrogens with one attached hydrogen (secondary N) is 2. The molecule has 0 amide bonds. The van der Waals surface area contributed by atoms with Crippen LogP contribution >= 0.6 is 0 Å². The third-order valence-electron chi connectivity index (χ3n) is 6.02. The quantitative estimate of drug-likeness (QED) is 0.460. The highest BCUT2D eigenvalue weighted by atomic mass is 15.3.